The standard InChI is InChI=1S/C49H32N2O2/c1-4-12-33(13-5-1)34-20-25-39(26-21-34)51(45-19-11-10-18-41(45)36-14-6-2-7-15-36)40-27-22-35(23-28-40)38-24-29-46-42(30-38)43-31-48-44(32-47(43)52-46)50-49(53-48)37-16-8-3-9-17-37/h1-32H. The Labute approximate surface area is 306 Å². The number of rotatable bonds is 7. The molecule has 10 aromatic rings. The molecule has 4 heteroatoms. The second kappa shape index (κ2) is 12.9. The zero-order valence-corrected chi connectivity index (χ0v) is 28.7. The maximum atomic E-state index is 6.31. The van der Waals surface area contributed by atoms with Gasteiger partial charge in [-0.15, -0.1) is 0 Å². The van der Waals surface area contributed by atoms with Crippen LogP contribution >= 0.6 is 0 Å². The van der Waals surface area contributed by atoms with Crippen LogP contribution in [0.1, 0.15) is 0 Å². The van der Waals surface area contributed by atoms with E-state index in [2.05, 4.69) is 157 Å². The van der Waals surface area contributed by atoms with Crippen molar-refractivity contribution in [1.29, 1.82) is 0 Å². The molecule has 0 saturated heterocycles. The number of fused-ring (bicyclic) bond motifs is 4. The maximum Gasteiger partial charge on any atom is 0.227 e. The molecule has 2 aromatic heterocycles. The van der Waals surface area contributed by atoms with Crippen molar-refractivity contribution in [2.75, 3.05) is 4.90 Å². The van der Waals surface area contributed by atoms with E-state index in [1.54, 1.807) is 0 Å². The Bertz CT molecular complexity index is 2860. The zero-order chi connectivity index (χ0) is 35.1. The molecule has 0 aliphatic heterocycles. The average Bonchev–Trinajstić information content (AvgIpc) is 3.82. The monoisotopic (exact) mass is 680 g/mol. The molecule has 0 saturated carbocycles. The molecule has 0 N–H and O–H groups in total. The molecule has 2 heterocycles. The van der Waals surface area contributed by atoms with Crippen LogP contribution in [-0.2, 0) is 0 Å². The van der Waals surface area contributed by atoms with Crippen molar-refractivity contribution < 1.29 is 8.83 Å². The molecule has 0 spiro atoms. The van der Waals surface area contributed by atoms with Gasteiger partial charge in [0.05, 0.1) is 5.69 Å². The van der Waals surface area contributed by atoms with Crippen molar-refractivity contribution in [3.63, 3.8) is 0 Å². The summed E-state index contributed by atoms with van der Waals surface area (Å²) < 4.78 is 12.5. The third-order valence-corrected chi connectivity index (χ3v) is 9.92. The first-order valence-corrected chi connectivity index (χ1v) is 17.8. The molecule has 0 radical (unpaired) electrons. The van der Waals surface area contributed by atoms with E-state index in [0.29, 0.717) is 5.89 Å². The summed E-state index contributed by atoms with van der Waals surface area (Å²) in [6, 6.07) is 67.8. The quantitative estimate of drug-likeness (QED) is 0.168. The molecule has 0 amide bonds. The molecule has 0 aliphatic rings. The molecule has 0 aliphatic carbocycles. The molecule has 0 unspecified atom stereocenters. The number of anilines is 3. The second-order valence-electron chi connectivity index (χ2n) is 13.2. The SMILES string of the molecule is c1ccc(-c2ccc(N(c3ccc(-c4ccc5oc6cc7nc(-c8ccccc8)oc7cc6c5c4)cc3)c3ccccc3-c3ccccc3)cc2)cc1. The van der Waals surface area contributed by atoms with Crippen molar-refractivity contribution in [1.82, 2.24) is 4.98 Å². The van der Waals surface area contributed by atoms with Crippen LogP contribution < -0.4 is 4.90 Å². The van der Waals surface area contributed by atoms with Crippen LogP contribution in [0, 0.1) is 0 Å². The number of hydrogen-bond acceptors (Lipinski definition) is 4. The highest BCUT2D eigenvalue weighted by atomic mass is 16.4. The average molecular weight is 681 g/mol. The van der Waals surface area contributed by atoms with Gasteiger partial charge in [-0.1, -0.05) is 127 Å². The smallest absolute Gasteiger partial charge is 0.227 e. The maximum absolute atomic E-state index is 6.31. The zero-order valence-electron chi connectivity index (χ0n) is 28.7. The van der Waals surface area contributed by atoms with Crippen LogP contribution in [0.4, 0.5) is 17.1 Å². The van der Waals surface area contributed by atoms with Crippen LogP contribution in [0.2, 0.25) is 0 Å². The van der Waals surface area contributed by atoms with Crippen LogP contribution in [0.15, 0.2) is 203 Å². The van der Waals surface area contributed by atoms with Gasteiger partial charge in [0.25, 0.3) is 0 Å². The summed E-state index contributed by atoms with van der Waals surface area (Å²) in [7, 11) is 0. The Morgan fingerprint density at radius 3 is 1.57 bits per heavy atom. The first-order valence-electron chi connectivity index (χ1n) is 17.8. The lowest BCUT2D eigenvalue weighted by Gasteiger charge is -2.28. The minimum atomic E-state index is 0.603. The lowest BCUT2D eigenvalue weighted by molar-refractivity contribution is 0.620. The number of benzene rings is 8. The van der Waals surface area contributed by atoms with E-state index in [-0.39, 0.29) is 0 Å². The minimum absolute atomic E-state index is 0.603. The normalized spacial score (nSPS) is 11.4. The van der Waals surface area contributed by atoms with Crippen molar-refractivity contribution in [3.05, 3.63) is 194 Å². The number of aromatic nitrogens is 1. The van der Waals surface area contributed by atoms with Gasteiger partial charge in [-0.05, 0) is 88.5 Å². The minimum Gasteiger partial charge on any atom is -0.456 e. The largest absolute Gasteiger partial charge is 0.456 e. The highest BCUT2D eigenvalue weighted by Crippen LogP contribution is 2.42. The summed E-state index contributed by atoms with van der Waals surface area (Å²) in [6.07, 6.45) is 0. The Morgan fingerprint density at radius 1 is 0.358 bits per heavy atom. The molecular weight excluding hydrogens is 649 g/mol. The first-order chi connectivity index (χ1) is 26.2. The predicted molar refractivity (Wildman–Crippen MR) is 218 cm³/mol. The highest BCUT2D eigenvalue weighted by molar-refractivity contribution is 6.10. The van der Waals surface area contributed by atoms with Crippen molar-refractivity contribution in [3.8, 4) is 44.8 Å². The summed E-state index contributed by atoms with van der Waals surface area (Å²) >= 11 is 0. The van der Waals surface area contributed by atoms with Gasteiger partial charge in [-0.3, -0.25) is 0 Å². The van der Waals surface area contributed by atoms with Gasteiger partial charge in [-0.2, -0.15) is 0 Å². The summed E-state index contributed by atoms with van der Waals surface area (Å²) in [5.41, 5.74) is 14.3. The van der Waals surface area contributed by atoms with Gasteiger partial charge < -0.3 is 13.7 Å². The summed E-state index contributed by atoms with van der Waals surface area (Å²) in [6.45, 7) is 0. The number of oxazole rings is 1. The first kappa shape index (κ1) is 30.6. The van der Waals surface area contributed by atoms with Gasteiger partial charge >= 0.3 is 0 Å². The molecule has 8 aromatic carbocycles. The van der Waals surface area contributed by atoms with E-state index < -0.39 is 0 Å². The Balaban J connectivity index is 1.04. The molecule has 0 atom stereocenters. The van der Waals surface area contributed by atoms with Crippen LogP contribution in [0.25, 0.3) is 77.9 Å². The summed E-state index contributed by atoms with van der Waals surface area (Å²) in [5.74, 6) is 0.603. The van der Waals surface area contributed by atoms with E-state index in [9.17, 15) is 0 Å². The Hall–Kier alpha value is -7.17. The van der Waals surface area contributed by atoms with Crippen LogP contribution in [0.5, 0.6) is 0 Å². The van der Waals surface area contributed by atoms with E-state index in [1.807, 2.05) is 42.5 Å². The fraction of sp³-hybridized carbons (Fsp3) is 0. The van der Waals surface area contributed by atoms with Gasteiger partial charge in [-0.25, -0.2) is 4.98 Å². The molecule has 250 valence electrons. The van der Waals surface area contributed by atoms with E-state index >= 15 is 0 Å². The van der Waals surface area contributed by atoms with Gasteiger partial charge in [0.15, 0.2) is 5.58 Å². The van der Waals surface area contributed by atoms with Crippen molar-refractivity contribution in [2.24, 2.45) is 0 Å². The Kier molecular flexibility index (Phi) is 7.43. The number of nitrogens with zero attached hydrogens (tertiary/aromatic N) is 2. The number of furan rings is 1. The topological polar surface area (TPSA) is 42.4 Å². The summed E-state index contributed by atoms with van der Waals surface area (Å²) in [4.78, 5) is 7.09. The van der Waals surface area contributed by atoms with E-state index in [1.165, 1.54) is 22.3 Å². The fourth-order valence-electron chi connectivity index (χ4n) is 7.28. The lowest BCUT2D eigenvalue weighted by atomic mass is 10.00. The fourth-order valence-corrected chi connectivity index (χ4v) is 7.28. The summed E-state index contributed by atoms with van der Waals surface area (Å²) in [5, 5.41) is 2.04. The lowest BCUT2D eigenvalue weighted by Crippen LogP contribution is -2.11. The second-order valence-corrected chi connectivity index (χ2v) is 13.2. The van der Waals surface area contributed by atoms with E-state index in [4.69, 9.17) is 13.8 Å². The third kappa shape index (κ3) is 5.63. The van der Waals surface area contributed by atoms with Crippen LogP contribution in [0.3, 0.4) is 0 Å². The van der Waals surface area contributed by atoms with Gasteiger partial charge in [0, 0.05) is 39.3 Å². The van der Waals surface area contributed by atoms with Crippen molar-refractivity contribution in [2.45, 2.75) is 0 Å². The highest BCUT2D eigenvalue weighted by Gasteiger charge is 2.18. The molecule has 0 bridgehead atoms. The van der Waals surface area contributed by atoms with Gasteiger partial charge in [0.1, 0.15) is 16.7 Å². The molecular formula is C49H32N2O2. The molecule has 10 rings (SSSR count). The molecule has 4 nitrogen and oxygen atoms in total. The number of para-hydroxylation sites is 1. The van der Waals surface area contributed by atoms with Gasteiger partial charge in [0.2, 0.25) is 5.89 Å². The Morgan fingerprint density at radius 2 is 0.887 bits per heavy atom. The molecule has 53 heavy (non-hydrogen) atoms. The third-order valence-electron chi connectivity index (χ3n) is 9.92. The van der Waals surface area contributed by atoms with Crippen molar-refractivity contribution >= 4 is 50.1 Å². The molecule has 0 fully saturated rings. The van der Waals surface area contributed by atoms with Crippen LogP contribution in [-0.4, -0.2) is 4.98 Å². The van der Waals surface area contributed by atoms with E-state index in [0.717, 1.165) is 66.8 Å². The number of hydrogen-bond donors (Lipinski definition) is 0. The predicted octanol–water partition coefficient (Wildman–Crippen LogP) is 13.9.